The minimum Gasteiger partial charge on any atom is -0.460 e. The number of esters is 1. The lowest BCUT2D eigenvalue weighted by molar-refractivity contribution is -0.147. The Balaban J connectivity index is 2.21. The topological polar surface area (TPSA) is 46.5 Å². The number of aliphatic hydroxyl groups excluding tert-OH is 1. The monoisotopic (exact) mass is 360 g/mol. The van der Waals surface area contributed by atoms with Gasteiger partial charge in [0.2, 0.25) is 0 Å². The fourth-order valence-corrected chi connectivity index (χ4v) is 3.12. The zero-order chi connectivity index (χ0) is 19.1. The molecule has 25 heavy (non-hydrogen) atoms. The first kappa shape index (κ1) is 19.4. The summed E-state index contributed by atoms with van der Waals surface area (Å²) < 4.78 is 60.5. The van der Waals surface area contributed by atoms with Crippen LogP contribution in [0.2, 0.25) is 0 Å². The van der Waals surface area contributed by atoms with Gasteiger partial charge in [0.25, 0.3) is 0 Å². The highest BCUT2D eigenvalue weighted by Gasteiger charge is 2.61. The Hall–Kier alpha value is -1.89. The molecule has 0 heterocycles. The maximum Gasteiger partial charge on any atom is 0.310 e. The molecular weight excluding hydrogens is 340 g/mol. The van der Waals surface area contributed by atoms with Crippen molar-refractivity contribution in [3.05, 3.63) is 46.5 Å². The summed E-state index contributed by atoms with van der Waals surface area (Å²) >= 11 is 0. The van der Waals surface area contributed by atoms with Gasteiger partial charge in [-0.1, -0.05) is 26.0 Å². The Bertz CT molecular complexity index is 697. The molecule has 0 aromatic heterocycles. The van der Waals surface area contributed by atoms with E-state index < -0.39 is 59.0 Å². The number of halogens is 4. The molecule has 1 aromatic carbocycles. The SMILES string of the molecule is CC=CC1C(C(=O)OCc2c(F)c(F)c(C(C)O)c(F)c2F)C1(C)C. The molecular formula is C18H20F4O3. The average Bonchev–Trinajstić information content (AvgIpc) is 3.06. The van der Waals surface area contributed by atoms with E-state index in [1.54, 1.807) is 13.0 Å². The van der Waals surface area contributed by atoms with Gasteiger partial charge in [-0.2, -0.15) is 0 Å². The van der Waals surface area contributed by atoms with Crippen molar-refractivity contribution < 1.29 is 32.2 Å². The molecule has 1 aliphatic carbocycles. The van der Waals surface area contributed by atoms with Gasteiger partial charge in [0.15, 0.2) is 23.3 Å². The summed E-state index contributed by atoms with van der Waals surface area (Å²) in [7, 11) is 0. The van der Waals surface area contributed by atoms with Crippen LogP contribution < -0.4 is 0 Å². The van der Waals surface area contributed by atoms with Crippen molar-refractivity contribution in [3.8, 4) is 0 Å². The van der Waals surface area contributed by atoms with Crippen LogP contribution in [0.1, 0.15) is 44.9 Å². The van der Waals surface area contributed by atoms with Gasteiger partial charge in [0.05, 0.1) is 23.1 Å². The zero-order valence-electron chi connectivity index (χ0n) is 14.4. The second-order valence-corrected chi connectivity index (χ2v) is 6.78. The van der Waals surface area contributed by atoms with E-state index in [0.717, 1.165) is 6.92 Å². The summed E-state index contributed by atoms with van der Waals surface area (Å²) in [6.07, 6.45) is 1.90. The Labute approximate surface area is 143 Å². The number of ether oxygens (including phenoxy) is 1. The number of carbonyl (C=O) groups is 1. The molecule has 1 saturated carbocycles. The van der Waals surface area contributed by atoms with Crippen molar-refractivity contribution in [2.24, 2.45) is 17.3 Å². The van der Waals surface area contributed by atoms with Crippen molar-refractivity contribution in [2.45, 2.75) is 40.4 Å². The third-order valence-electron chi connectivity index (χ3n) is 4.73. The molecule has 138 valence electrons. The summed E-state index contributed by atoms with van der Waals surface area (Å²) in [6.45, 7) is 5.55. The average molecular weight is 360 g/mol. The Morgan fingerprint density at radius 2 is 1.72 bits per heavy atom. The van der Waals surface area contributed by atoms with Crippen LogP contribution in [-0.2, 0) is 16.1 Å². The van der Waals surface area contributed by atoms with E-state index in [4.69, 9.17) is 4.74 Å². The van der Waals surface area contributed by atoms with Gasteiger partial charge in [-0.15, -0.1) is 0 Å². The normalized spacial score (nSPS) is 22.9. The zero-order valence-corrected chi connectivity index (χ0v) is 14.4. The number of hydrogen-bond donors (Lipinski definition) is 1. The first-order chi connectivity index (χ1) is 11.6. The van der Waals surface area contributed by atoms with E-state index in [-0.39, 0.29) is 11.3 Å². The Kier molecular flexibility index (Phi) is 5.27. The number of allylic oxidation sites excluding steroid dienone is 2. The van der Waals surface area contributed by atoms with E-state index in [9.17, 15) is 27.5 Å². The molecule has 1 N–H and O–H groups in total. The van der Waals surface area contributed by atoms with Crippen LogP contribution in [0.3, 0.4) is 0 Å². The molecule has 7 heteroatoms. The van der Waals surface area contributed by atoms with Crippen LogP contribution in [0, 0.1) is 40.5 Å². The fourth-order valence-electron chi connectivity index (χ4n) is 3.12. The highest BCUT2D eigenvalue weighted by atomic mass is 19.2. The van der Waals surface area contributed by atoms with Crippen molar-refractivity contribution in [2.75, 3.05) is 0 Å². The molecule has 3 nitrogen and oxygen atoms in total. The Morgan fingerprint density at radius 3 is 2.16 bits per heavy atom. The van der Waals surface area contributed by atoms with Crippen LogP contribution >= 0.6 is 0 Å². The summed E-state index contributed by atoms with van der Waals surface area (Å²) in [6, 6.07) is 0. The Morgan fingerprint density at radius 1 is 1.20 bits per heavy atom. The first-order valence-electron chi connectivity index (χ1n) is 7.87. The standard InChI is InChI=1S/C18H20F4O3/c1-5-6-10-12(18(10,3)4)17(24)25-7-9-13(19)15(21)11(8(2)23)16(22)14(9)20/h5-6,8,10,12,23H,7H2,1-4H3. The molecule has 0 radical (unpaired) electrons. The van der Waals surface area contributed by atoms with Gasteiger partial charge in [-0.25, -0.2) is 17.6 Å². The summed E-state index contributed by atoms with van der Waals surface area (Å²) in [5, 5.41) is 9.26. The lowest BCUT2D eigenvalue weighted by atomic mass is 10.0. The maximum absolute atomic E-state index is 14.0. The van der Waals surface area contributed by atoms with Crippen molar-refractivity contribution >= 4 is 5.97 Å². The lowest BCUT2D eigenvalue weighted by Gasteiger charge is -2.14. The molecule has 1 fully saturated rings. The van der Waals surface area contributed by atoms with Crippen LogP contribution in [0.4, 0.5) is 17.6 Å². The van der Waals surface area contributed by atoms with Gasteiger partial charge in [0, 0.05) is 0 Å². The third-order valence-corrected chi connectivity index (χ3v) is 4.73. The number of carbonyl (C=O) groups excluding carboxylic acids is 1. The summed E-state index contributed by atoms with van der Waals surface area (Å²) in [5.74, 6) is -7.98. The molecule has 3 atom stereocenters. The molecule has 1 aromatic rings. The fraction of sp³-hybridized carbons (Fsp3) is 0.500. The lowest BCUT2D eigenvalue weighted by Crippen LogP contribution is -2.15. The van der Waals surface area contributed by atoms with E-state index >= 15 is 0 Å². The molecule has 0 saturated heterocycles. The maximum atomic E-state index is 14.0. The van der Waals surface area contributed by atoms with Gasteiger partial charge >= 0.3 is 5.97 Å². The number of hydrogen-bond acceptors (Lipinski definition) is 3. The molecule has 3 unspecified atom stereocenters. The second-order valence-electron chi connectivity index (χ2n) is 6.78. The van der Waals surface area contributed by atoms with Gasteiger partial charge < -0.3 is 9.84 Å². The molecule has 0 aliphatic heterocycles. The van der Waals surface area contributed by atoms with Crippen molar-refractivity contribution in [1.29, 1.82) is 0 Å². The van der Waals surface area contributed by atoms with Crippen LogP contribution in [0.25, 0.3) is 0 Å². The molecule has 1 aliphatic rings. The number of benzene rings is 1. The summed E-state index contributed by atoms with van der Waals surface area (Å²) in [4.78, 5) is 12.1. The van der Waals surface area contributed by atoms with Gasteiger partial charge in [-0.3, -0.25) is 4.79 Å². The predicted octanol–water partition coefficient (Wildman–Crippen LogP) is 4.19. The number of rotatable bonds is 5. The van der Waals surface area contributed by atoms with Crippen LogP contribution in [0.15, 0.2) is 12.2 Å². The van der Waals surface area contributed by atoms with E-state index in [0.29, 0.717) is 0 Å². The predicted molar refractivity (Wildman–Crippen MR) is 82.3 cm³/mol. The van der Waals surface area contributed by atoms with E-state index in [2.05, 4.69) is 0 Å². The first-order valence-corrected chi connectivity index (χ1v) is 7.87. The van der Waals surface area contributed by atoms with E-state index in [1.165, 1.54) is 0 Å². The smallest absolute Gasteiger partial charge is 0.310 e. The van der Waals surface area contributed by atoms with Gasteiger partial charge in [-0.05, 0) is 25.2 Å². The quantitative estimate of drug-likeness (QED) is 0.371. The highest BCUT2D eigenvalue weighted by molar-refractivity contribution is 5.78. The largest absolute Gasteiger partial charge is 0.460 e. The second kappa shape index (κ2) is 6.78. The summed E-state index contributed by atoms with van der Waals surface area (Å²) in [5.41, 5.74) is -2.47. The van der Waals surface area contributed by atoms with Crippen LogP contribution in [0.5, 0.6) is 0 Å². The van der Waals surface area contributed by atoms with Crippen LogP contribution in [-0.4, -0.2) is 11.1 Å². The van der Waals surface area contributed by atoms with Crippen molar-refractivity contribution in [3.63, 3.8) is 0 Å². The molecule has 2 rings (SSSR count). The molecule has 0 amide bonds. The minimum absolute atomic E-state index is 0.0641. The molecule has 0 bridgehead atoms. The third kappa shape index (κ3) is 3.29. The highest BCUT2D eigenvalue weighted by Crippen LogP contribution is 2.59. The van der Waals surface area contributed by atoms with Crippen molar-refractivity contribution in [1.82, 2.24) is 0 Å². The molecule has 0 spiro atoms. The minimum atomic E-state index is -1.73. The van der Waals surface area contributed by atoms with Gasteiger partial charge in [0.1, 0.15) is 6.61 Å². The number of aliphatic hydroxyl groups is 1. The van der Waals surface area contributed by atoms with E-state index in [1.807, 2.05) is 19.9 Å².